The Labute approximate surface area is 174 Å². The van der Waals surface area contributed by atoms with Gasteiger partial charge in [0.25, 0.3) is 0 Å². The second kappa shape index (κ2) is 7.44. The third-order valence-electron chi connectivity index (χ3n) is 10.5. The number of fused-ring (bicyclic) bond motifs is 5. The molecule has 28 heavy (non-hydrogen) atoms. The molecule has 0 aromatic heterocycles. The predicted molar refractivity (Wildman–Crippen MR) is 119 cm³/mol. The Hall–Kier alpha value is -0.300. The van der Waals surface area contributed by atoms with E-state index in [4.69, 9.17) is 0 Å². The van der Waals surface area contributed by atoms with Gasteiger partial charge in [0.1, 0.15) is 0 Å². The van der Waals surface area contributed by atoms with E-state index in [0.717, 1.165) is 30.1 Å². The lowest BCUT2D eigenvalue weighted by Gasteiger charge is -2.59. The molecule has 0 saturated heterocycles. The van der Waals surface area contributed by atoms with E-state index in [1.807, 2.05) is 0 Å². The van der Waals surface area contributed by atoms with Gasteiger partial charge in [0.15, 0.2) is 0 Å². The highest BCUT2D eigenvalue weighted by atomic mass is 16.3. The summed E-state index contributed by atoms with van der Waals surface area (Å²) in [6, 6.07) is 0. The summed E-state index contributed by atoms with van der Waals surface area (Å²) >= 11 is 0. The van der Waals surface area contributed by atoms with Crippen LogP contribution in [0.3, 0.4) is 0 Å². The van der Waals surface area contributed by atoms with E-state index < -0.39 is 5.60 Å². The van der Waals surface area contributed by atoms with Crippen LogP contribution in [0.15, 0.2) is 11.6 Å². The fourth-order valence-electron chi connectivity index (χ4n) is 8.63. The van der Waals surface area contributed by atoms with E-state index in [9.17, 15) is 5.11 Å². The fraction of sp³-hybridized carbons (Fsp3) is 0.926. The van der Waals surface area contributed by atoms with Crippen molar-refractivity contribution in [2.24, 2.45) is 40.4 Å². The lowest BCUT2D eigenvalue weighted by atomic mass is 9.46. The molecule has 1 heteroatoms. The van der Waals surface area contributed by atoms with Gasteiger partial charge in [0.2, 0.25) is 0 Å². The van der Waals surface area contributed by atoms with Crippen LogP contribution in [-0.2, 0) is 0 Å². The second-order valence-electron chi connectivity index (χ2n) is 12.1. The van der Waals surface area contributed by atoms with Gasteiger partial charge in [-0.3, -0.25) is 0 Å². The van der Waals surface area contributed by atoms with Crippen molar-refractivity contribution in [3.05, 3.63) is 11.6 Å². The van der Waals surface area contributed by atoms with Crippen molar-refractivity contribution in [2.75, 3.05) is 0 Å². The molecule has 1 nitrogen and oxygen atoms in total. The van der Waals surface area contributed by atoms with Gasteiger partial charge in [-0.2, -0.15) is 0 Å². The molecule has 0 aliphatic heterocycles. The first-order valence-corrected chi connectivity index (χ1v) is 12.6. The van der Waals surface area contributed by atoms with E-state index >= 15 is 0 Å². The normalized spacial score (nSPS) is 46.5. The van der Waals surface area contributed by atoms with Crippen molar-refractivity contribution in [1.29, 1.82) is 0 Å². The number of allylic oxidation sites excluding steroid dienone is 2. The molecule has 0 unspecified atom stereocenters. The number of hydrogen-bond acceptors (Lipinski definition) is 1. The van der Waals surface area contributed by atoms with Gasteiger partial charge in [0.05, 0.1) is 5.60 Å². The third-order valence-corrected chi connectivity index (χ3v) is 10.5. The Kier molecular flexibility index (Phi) is 5.56. The number of rotatable bonds is 5. The maximum absolute atomic E-state index is 12.1. The SMILES string of the molecule is CC(C)CCC[C@@H](C)[C@@]1(O)CC[C@H]2[C@@H]3CC=C4CCCC[C@]4(C)[C@H]3CC[C@@]21C. The van der Waals surface area contributed by atoms with Gasteiger partial charge >= 0.3 is 0 Å². The minimum Gasteiger partial charge on any atom is -0.389 e. The molecule has 4 aliphatic rings. The molecule has 4 aliphatic carbocycles. The topological polar surface area (TPSA) is 20.2 Å². The minimum atomic E-state index is -0.433. The Morgan fingerprint density at radius 2 is 1.75 bits per heavy atom. The van der Waals surface area contributed by atoms with E-state index in [-0.39, 0.29) is 5.41 Å². The number of hydrogen-bond donors (Lipinski definition) is 1. The van der Waals surface area contributed by atoms with Crippen molar-refractivity contribution in [2.45, 2.75) is 117 Å². The predicted octanol–water partition coefficient (Wildman–Crippen LogP) is 7.53. The van der Waals surface area contributed by atoms with Crippen LogP contribution in [0.4, 0.5) is 0 Å². The van der Waals surface area contributed by atoms with Gasteiger partial charge in [-0.05, 0) is 98.2 Å². The summed E-state index contributed by atoms with van der Waals surface area (Å²) in [6.07, 6.45) is 18.3. The first kappa shape index (κ1) is 21.0. The Balaban J connectivity index is 1.54. The summed E-state index contributed by atoms with van der Waals surface area (Å²) in [7, 11) is 0. The first-order valence-electron chi connectivity index (χ1n) is 12.6. The lowest BCUT2D eigenvalue weighted by Crippen LogP contribution is -2.56. The van der Waals surface area contributed by atoms with Crippen LogP contribution in [0, 0.1) is 40.4 Å². The summed E-state index contributed by atoms with van der Waals surface area (Å²) in [5, 5.41) is 12.1. The van der Waals surface area contributed by atoms with Crippen LogP contribution in [0.25, 0.3) is 0 Å². The largest absolute Gasteiger partial charge is 0.389 e. The van der Waals surface area contributed by atoms with E-state index in [1.165, 1.54) is 70.6 Å². The Bertz CT molecular complexity index is 605. The summed E-state index contributed by atoms with van der Waals surface area (Å²) < 4.78 is 0. The molecule has 1 N–H and O–H groups in total. The van der Waals surface area contributed by atoms with Gasteiger partial charge in [-0.15, -0.1) is 0 Å². The lowest BCUT2D eigenvalue weighted by molar-refractivity contribution is -0.149. The molecule has 3 saturated carbocycles. The molecule has 160 valence electrons. The highest BCUT2D eigenvalue weighted by Crippen LogP contribution is 2.68. The molecule has 0 spiro atoms. The second-order valence-corrected chi connectivity index (χ2v) is 12.1. The molecular weight excluding hydrogens is 340 g/mol. The molecule has 0 aromatic rings. The molecule has 0 aromatic carbocycles. The average molecular weight is 387 g/mol. The molecular formula is C27H46O. The van der Waals surface area contributed by atoms with Crippen molar-refractivity contribution in [3.63, 3.8) is 0 Å². The molecule has 3 fully saturated rings. The molecule has 4 rings (SSSR count). The van der Waals surface area contributed by atoms with Crippen LogP contribution in [0.5, 0.6) is 0 Å². The molecule has 7 atom stereocenters. The summed E-state index contributed by atoms with van der Waals surface area (Å²) in [5.74, 6) is 3.66. The summed E-state index contributed by atoms with van der Waals surface area (Å²) in [6.45, 7) is 12.1. The van der Waals surface area contributed by atoms with E-state index in [0.29, 0.717) is 11.3 Å². The third kappa shape index (κ3) is 3.05. The summed E-state index contributed by atoms with van der Waals surface area (Å²) in [4.78, 5) is 0. The maximum Gasteiger partial charge on any atom is 0.0729 e. The molecule has 0 heterocycles. The monoisotopic (exact) mass is 386 g/mol. The van der Waals surface area contributed by atoms with Crippen LogP contribution in [-0.4, -0.2) is 10.7 Å². The van der Waals surface area contributed by atoms with Gasteiger partial charge in [0, 0.05) is 0 Å². The van der Waals surface area contributed by atoms with Crippen LogP contribution in [0.1, 0.15) is 112 Å². The van der Waals surface area contributed by atoms with Crippen molar-refractivity contribution < 1.29 is 5.11 Å². The van der Waals surface area contributed by atoms with Gasteiger partial charge < -0.3 is 5.11 Å². The van der Waals surface area contributed by atoms with Crippen molar-refractivity contribution in [3.8, 4) is 0 Å². The van der Waals surface area contributed by atoms with Crippen LogP contribution in [0.2, 0.25) is 0 Å². The zero-order valence-corrected chi connectivity index (χ0v) is 19.4. The van der Waals surface area contributed by atoms with Gasteiger partial charge in [-0.25, -0.2) is 0 Å². The Morgan fingerprint density at radius 1 is 1.00 bits per heavy atom. The standard InChI is InChI=1S/C27H46O/c1-19(2)9-8-10-20(3)27(28)18-15-24-22-13-12-21-11-6-7-16-25(21,4)23(22)14-17-26(24,27)5/h12,19-20,22-24,28H,6-11,13-18H2,1-5H3/t20-,22-,23+,24+,25+,26+,27+/m1/s1. The highest BCUT2D eigenvalue weighted by Gasteiger charge is 2.64. The molecule has 0 amide bonds. The van der Waals surface area contributed by atoms with E-state index in [2.05, 4.69) is 40.7 Å². The van der Waals surface area contributed by atoms with E-state index in [1.54, 1.807) is 5.57 Å². The molecule has 0 bridgehead atoms. The van der Waals surface area contributed by atoms with Crippen molar-refractivity contribution >= 4 is 0 Å². The fourth-order valence-corrected chi connectivity index (χ4v) is 8.63. The van der Waals surface area contributed by atoms with Crippen LogP contribution >= 0.6 is 0 Å². The average Bonchev–Trinajstić information content (AvgIpc) is 2.93. The number of aliphatic hydroxyl groups is 1. The Morgan fingerprint density at radius 3 is 2.50 bits per heavy atom. The summed E-state index contributed by atoms with van der Waals surface area (Å²) in [5.41, 5.74) is 1.99. The first-order chi connectivity index (χ1) is 13.2. The quantitative estimate of drug-likeness (QED) is 0.484. The van der Waals surface area contributed by atoms with Crippen LogP contribution < -0.4 is 0 Å². The van der Waals surface area contributed by atoms with Gasteiger partial charge in [-0.1, -0.05) is 65.5 Å². The smallest absolute Gasteiger partial charge is 0.0729 e. The zero-order valence-electron chi connectivity index (χ0n) is 19.4. The zero-order chi connectivity index (χ0) is 20.2. The highest BCUT2D eigenvalue weighted by molar-refractivity contribution is 5.25. The molecule has 0 radical (unpaired) electrons. The minimum absolute atomic E-state index is 0.141. The van der Waals surface area contributed by atoms with Crippen molar-refractivity contribution in [1.82, 2.24) is 0 Å². The maximum atomic E-state index is 12.1.